The Bertz CT molecular complexity index is 853. The second-order valence-electron chi connectivity index (χ2n) is 4.82. The SMILES string of the molecule is O=c1cc(CCc2ccccc2F)c2cc(F)ccc2o1. The Morgan fingerprint density at radius 2 is 1.67 bits per heavy atom. The average Bonchev–Trinajstić information content (AvgIpc) is 2.47. The van der Waals surface area contributed by atoms with E-state index >= 15 is 0 Å². The zero-order valence-electron chi connectivity index (χ0n) is 11.1. The molecule has 0 amide bonds. The maximum absolute atomic E-state index is 13.6. The van der Waals surface area contributed by atoms with Crippen molar-refractivity contribution in [1.82, 2.24) is 0 Å². The van der Waals surface area contributed by atoms with E-state index in [2.05, 4.69) is 0 Å². The van der Waals surface area contributed by atoms with Crippen LogP contribution in [0.2, 0.25) is 0 Å². The third-order valence-electron chi connectivity index (χ3n) is 3.41. The van der Waals surface area contributed by atoms with E-state index in [1.165, 1.54) is 30.3 Å². The van der Waals surface area contributed by atoms with Crippen LogP contribution < -0.4 is 5.63 Å². The van der Waals surface area contributed by atoms with Crippen molar-refractivity contribution in [1.29, 1.82) is 0 Å². The highest BCUT2D eigenvalue weighted by Crippen LogP contribution is 2.20. The van der Waals surface area contributed by atoms with Crippen molar-refractivity contribution in [2.45, 2.75) is 12.8 Å². The summed E-state index contributed by atoms with van der Waals surface area (Å²) in [7, 11) is 0. The van der Waals surface area contributed by atoms with Gasteiger partial charge in [0.15, 0.2) is 0 Å². The monoisotopic (exact) mass is 286 g/mol. The second kappa shape index (κ2) is 5.48. The van der Waals surface area contributed by atoms with Gasteiger partial charge >= 0.3 is 5.63 Å². The highest BCUT2D eigenvalue weighted by Gasteiger charge is 2.08. The zero-order valence-corrected chi connectivity index (χ0v) is 11.1. The first kappa shape index (κ1) is 13.5. The second-order valence-corrected chi connectivity index (χ2v) is 4.82. The number of fused-ring (bicyclic) bond motifs is 1. The first-order valence-corrected chi connectivity index (χ1v) is 6.59. The molecule has 2 aromatic carbocycles. The van der Waals surface area contributed by atoms with Gasteiger partial charge in [0.25, 0.3) is 0 Å². The Balaban J connectivity index is 1.98. The first-order chi connectivity index (χ1) is 10.1. The van der Waals surface area contributed by atoms with Gasteiger partial charge in [0.05, 0.1) is 0 Å². The Kier molecular flexibility index (Phi) is 3.52. The normalized spacial score (nSPS) is 11.0. The number of hydrogen-bond donors (Lipinski definition) is 0. The molecule has 3 aromatic rings. The molecule has 0 unspecified atom stereocenters. The van der Waals surface area contributed by atoms with Crippen LogP contribution in [-0.2, 0) is 12.8 Å². The molecule has 0 saturated carbocycles. The molecular weight excluding hydrogens is 274 g/mol. The number of rotatable bonds is 3. The third kappa shape index (κ3) is 2.84. The molecule has 4 heteroatoms. The Morgan fingerprint density at radius 3 is 2.48 bits per heavy atom. The fourth-order valence-corrected chi connectivity index (χ4v) is 2.38. The van der Waals surface area contributed by atoms with Gasteiger partial charge in [-0.3, -0.25) is 0 Å². The van der Waals surface area contributed by atoms with Crippen molar-refractivity contribution >= 4 is 11.0 Å². The van der Waals surface area contributed by atoms with Crippen LogP contribution >= 0.6 is 0 Å². The fourth-order valence-electron chi connectivity index (χ4n) is 2.38. The number of benzene rings is 2. The van der Waals surface area contributed by atoms with Crippen LogP contribution in [0.25, 0.3) is 11.0 Å². The summed E-state index contributed by atoms with van der Waals surface area (Å²) in [5.74, 6) is -0.681. The standard InChI is InChI=1S/C17H12F2O2/c18-13-7-8-16-14(10-13)12(9-17(20)21-16)6-5-11-3-1-2-4-15(11)19/h1-4,7-10H,5-6H2. The number of aryl methyl sites for hydroxylation is 2. The van der Waals surface area contributed by atoms with Gasteiger partial charge in [-0.15, -0.1) is 0 Å². The minimum absolute atomic E-state index is 0.282. The van der Waals surface area contributed by atoms with Gasteiger partial charge < -0.3 is 4.42 Å². The van der Waals surface area contributed by atoms with Gasteiger partial charge in [-0.05, 0) is 48.2 Å². The van der Waals surface area contributed by atoms with Gasteiger partial charge in [0.1, 0.15) is 17.2 Å². The first-order valence-electron chi connectivity index (χ1n) is 6.59. The summed E-state index contributed by atoms with van der Waals surface area (Å²) >= 11 is 0. The van der Waals surface area contributed by atoms with Crippen LogP contribution in [0.15, 0.2) is 57.7 Å². The molecule has 1 heterocycles. The van der Waals surface area contributed by atoms with Crippen molar-refractivity contribution < 1.29 is 13.2 Å². The minimum atomic E-state index is -0.488. The van der Waals surface area contributed by atoms with Crippen LogP contribution in [-0.4, -0.2) is 0 Å². The maximum atomic E-state index is 13.6. The molecule has 0 aliphatic carbocycles. The molecule has 106 valence electrons. The quantitative estimate of drug-likeness (QED) is 0.684. The van der Waals surface area contributed by atoms with Crippen LogP contribution in [0.1, 0.15) is 11.1 Å². The molecule has 0 bridgehead atoms. The Hall–Kier alpha value is -2.49. The summed E-state index contributed by atoms with van der Waals surface area (Å²) in [5.41, 5.74) is 1.07. The van der Waals surface area contributed by atoms with E-state index in [0.717, 1.165) is 0 Å². The van der Waals surface area contributed by atoms with E-state index in [1.807, 2.05) is 0 Å². The average molecular weight is 286 g/mol. The van der Waals surface area contributed by atoms with Crippen molar-refractivity contribution in [2.75, 3.05) is 0 Å². The molecule has 3 rings (SSSR count). The number of hydrogen-bond acceptors (Lipinski definition) is 2. The highest BCUT2D eigenvalue weighted by molar-refractivity contribution is 5.80. The molecule has 0 aliphatic rings. The van der Waals surface area contributed by atoms with E-state index in [-0.39, 0.29) is 5.82 Å². The molecule has 0 saturated heterocycles. The molecule has 0 fully saturated rings. The summed E-state index contributed by atoms with van der Waals surface area (Å²) in [6, 6.07) is 11.8. The van der Waals surface area contributed by atoms with E-state index in [0.29, 0.717) is 34.9 Å². The molecule has 0 N–H and O–H groups in total. The van der Waals surface area contributed by atoms with Gasteiger partial charge in [-0.1, -0.05) is 18.2 Å². The highest BCUT2D eigenvalue weighted by atomic mass is 19.1. The molecule has 2 nitrogen and oxygen atoms in total. The van der Waals surface area contributed by atoms with Crippen LogP contribution in [0, 0.1) is 11.6 Å². The molecule has 0 radical (unpaired) electrons. The van der Waals surface area contributed by atoms with Crippen LogP contribution in [0.4, 0.5) is 8.78 Å². The topological polar surface area (TPSA) is 30.2 Å². The van der Waals surface area contributed by atoms with E-state index in [1.54, 1.807) is 18.2 Å². The minimum Gasteiger partial charge on any atom is -0.423 e. The van der Waals surface area contributed by atoms with Crippen LogP contribution in [0.5, 0.6) is 0 Å². The smallest absolute Gasteiger partial charge is 0.336 e. The molecule has 0 spiro atoms. The lowest BCUT2D eigenvalue weighted by molar-refractivity contribution is 0.556. The fraction of sp³-hybridized carbons (Fsp3) is 0.118. The van der Waals surface area contributed by atoms with E-state index in [9.17, 15) is 13.6 Å². The lowest BCUT2D eigenvalue weighted by Crippen LogP contribution is -2.03. The van der Waals surface area contributed by atoms with Gasteiger partial charge in [0, 0.05) is 11.5 Å². The largest absolute Gasteiger partial charge is 0.423 e. The zero-order chi connectivity index (χ0) is 14.8. The molecule has 1 aromatic heterocycles. The summed E-state index contributed by atoms with van der Waals surface area (Å²) < 4.78 is 32.0. The van der Waals surface area contributed by atoms with Gasteiger partial charge in [0.2, 0.25) is 0 Å². The summed E-state index contributed by atoms with van der Waals surface area (Å²) in [6.07, 6.45) is 0.869. The van der Waals surface area contributed by atoms with Gasteiger partial charge in [-0.25, -0.2) is 13.6 Å². The summed E-state index contributed by atoms with van der Waals surface area (Å²) in [5, 5.41) is 0.547. The van der Waals surface area contributed by atoms with Crippen molar-refractivity contribution in [3.8, 4) is 0 Å². The number of halogens is 2. The lowest BCUT2D eigenvalue weighted by atomic mass is 10.0. The predicted molar refractivity (Wildman–Crippen MR) is 76.3 cm³/mol. The Morgan fingerprint density at radius 1 is 0.905 bits per heavy atom. The van der Waals surface area contributed by atoms with E-state index < -0.39 is 11.4 Å². The lowest BCUT2D eigenvalue weighted by Gasteiger charge is -2.06. The Labute approximate surface area is 119 Å². The molecule has 21 heavy (non-hydrogen) atoms. The van der Waals surface area contributed by atoms with Gasteiger partial charge in [-0.2, -0.15) is 0 Å². The van der Waals surface area contributed by atoms with Crippen LogP contribution in [0.3, 0.4) is 0 Å². The molecule has 0 aliphatic heterocycles. The van der Waals surface area contributed by atoms with E-state index in [4.69, 9.17) is 4.42 Å². The molecule has 0 atom stereocenters. The van der Waals surface area contributed by atoms with Crippen molar-refractivity contribution in [3.63, 3.8) is 0 Å². The molecular formula is C17H12F2O2. The maximum Gasteiger partial charge on any atom is 0.336 e. The third-order valence-corrected chi connectivity index (χ3v) is 3.41. The predicted octanol–water partition coefficient (Wildman–Crippen LogP) is 3.86. The summed E-state index contributed by atoms with van der Waals surface area (Å²) in [6.45, 7) is 0. The van der Waals surface area contributed by atoms with Crippen molar-refractivity contribution in [2.24, 2.45) is 0 Å². The summed E-state index contributed by atoms with van der Waals surface area (Å²) in [4.78, 5) is 11.5. The van der Waals surface area contributed by atoms with Crippen molar-refractivity contribution in [3.05, 3.63) is 81.7 Å².